The van der Waals surface area contributed by atoms with Crippen molar-refractivity contribution in [2.24, 2.45) is 0 Å². The number of hydrazine groups is 1. The van der Waals surface area contributed by atoms with Crippen LogP contribution >= 0.6 is 23.4 Å². The Bertz CT molecular complexity index is 1000. The average molecular weight is 415 g/mol. The molecule has 0 unspecified atom stereocenters. The number of benzene rings is 2. The first-order valence-corrected chi connectivity index (χ1v) is 9.89. The zero-order valence-electron chi connectivity index (χ0n) is 15.4. The Balaban J connectivity index is 1.55. The van der Waals surface area contributed by atoms with Crippen LogP contribution in [0.5, 0.6) is 0 Å². The Kier molecular flexibility index (Phi) is 6.38. The van der Waals surface area contributed by atoms with Gasteiger partial charge in [0.05, 0.1) is 5.75 Å². The van der Waals surface area contributed by atoms with Crippen molar-refractivity contribution in [2.45, 2.75) is 19.0 Å². The molecule has 1 heterocycles. The zero-order chi connectivity index (χ0) is 20.1. The third-order valence-corrected chi connectivity index (χ3v) is 5.35. The van der Waals surface area contributed by atoms with Gasteiger partial charge in [-0.15, -0.1) is 0 Å². The minimum Gasteiger partial charge on any atom is -0.295 e. The lowest BCUT2D eigenvalue weighted by molar-refractivity contribution is -0.119. The number of hydrogen-bond donors (Lipinski definition) is 2. The van der Waals surface area contributed by atoms with Gasteiger partial charge in [0.25, 0.3) is 5.91 Å². The lowest BCUT2D eigenvalue weighted by Gasteiger charge is -2.10. The number of carbonyl (C=O) groups excluding carboxylic acids is 2. The van der Waals surface area contributed by atoms with Crippen molar-refractivity contribution in [1.29, 1.82) is 0 Å². The lowest BCUT2D eigenvalue weighted by atomic mass is 10.1. The molecule has 0 aliphatic rings. The summed E-state index contributed by atoms with van der Waals surface area (Å²) in [7, 11) is 0. The highest BCUT2D eigenvalue weighted by Crippen LogP contribution is 2.22. The van der Waals surface area contributed by atoms with Crippen LogP contribution in [0.1, 0.15) is 21.5 Å². The number of hydrogen-bond acceptors (Lipinski definition) is 4. The third-order valence-electron chi connectivity index (χ3n) is 4.13. The summed E-state index contributed by atoms with van der Waals surface area (Å²) in [5.74, 6) is -0.628. The monoisotopic (exact) mass is 414 g/mol. The second kappa shape index (κ2) is 8.95. The second-order valence-corrected chi connectivity index (χ2v) is 7.53. The van der Waals surface area contributed by atoms with Gasteiger partial charge in [0, 0.05) is 28.7 Å². The average Bonchev–Trinajstić information content (AvgIpc) is 3.16. The minimum atomic E-state index is -0.411. The first kappa shape index (κ1) is 20.0. The van der Waals surface area contributed by atoms with Crippen LogP contribution in [0.4, 0.5) is 0 Å². The number of nitrogens with one attached hydrogen (secondary N) is 2. The summed E-state index contributed by atoms with van der Waals surface area (Å²) >= 11 is 7.08. The normalized spacial score (nSPS) is 10.5. The van der Waals surface area contributed by atoms with Crippen molar-refractivity contribution in [2.75, 3.05) is 5.75 Å². The van der Waals surface area contributed by atoms with Gasteiger partial charge in [-0.05, 0) is 61.4 Å². The Hall–Kier alpha value is -2.77. The molecule has 2 amide bonds. The molecule has 1 aromatic heterocycles. The summed E-state index contributed by atoms with van der Waals surface area (Å²) in [5.41, 5.74) is 8.58. The van der Waals surface area contributed by atoms with E-state index in [-0.39, 0.29) is 11.7 Å². The maximum Gasteiger partial charge on any atom is 0.269 e. The molecule has 0 saturated carbocycles. The van der Waals surface area contributed by atoms with Crippen molar-refractivity contribution in [3.05, 3.63) is 76.6 Å². The van der Waals surface area contributed by atoms with E-state index in [1.807, 2.05) is 16.8 Å². The second-order valence-electron chi connectivity index (χ2n) is 6.15. The number of imidazole rings is 1. The highest BCUT2D eigenvalue weighted by atomic mass is 35.5. The van der Waals surface area contributed by atoms with Crippen molar-refractivity contribution >= 4 is 35.2 Å². The molecule has 0 aliphatic heterocycles. The predicted octanol–water partition coefficient (Wildman–Crippen LogP) is 3.70. The molecule has 3 aromatic rings. The van der Waals surface area contributed by atoms with Gasteiger partial charge < -0.3 is 0 Å². The largest absolute Gasteiger partial charge is 0.295 e. The van der Waals surface area contributed by atoms with Gasteiger partial charge in [-0.25, -0.2) is 4.98 Å². The molecule has 3 rings (SSSR count). The molecule has 2 N–H and O–H groups in total. The lowest BCUT2D eigenvalue weighted by Crippen LogP contribution is -2.42. The molecule has 144 valence electrons. The number of rotatable bonds is 5. The summed E-state index contributed by atoms with van der Waals surface area (Å²) < 4.78 is 1.93. The predicted molar refractivity (Wildman–Crippen MR) is 111 cm³/mol. The van der Waals surface area contributed by atoms with Gasteiger partial charge in [-0.3, -0.25) is 25.0 Å². The topological polar surface area (TPSA) is 76.0 Å². The molecule has 0 bridgehead atoms. The molecule has 0 radical (unpaired) electrons. The Morgan fingerprint density at radius 1 is 1.07 bits per heavy atom. The number of thioether (sulfide) groups is 1. The van der Waals surface area contributed by atoms with E-state index in [0.717, 1.165) is 5.69 Å². The van der Waals surface area contributed by atoms with Crippen LogP contribution in [0, 0.1) is 13.8 Å². The molecular weight excluding hydrogens is 396 g/mol. The van der Waals surface area contributed by atoms with Gasteiger partial charge in [-0.1, -0.05) is 29.4 Å². The number of aromatic nitrogens is 2. The van der Waals surface area contributed by atoms with Crippen LogP contribution in [-0.4, -0.2) is 27.1 Å². The fraction of sp³-hybridized carbons (Fsp3) is 0.150. The van der Waals surface area contributed by atoms with Crippen molar-refractivity contribution in [3.8, 4) is 5.69 Å². The van der Waals surface area contributed by atoms with E-state index in [0.29, 0.717) is 15.7 Å². The highest BCUT2D eigenvalue weighted by molar-refractivity contribution is 7.99. The number of halogens is 1. The molecule has 2 aromatic carbocycles. The number of aryl methyl sites for hydroxylation is 2. The Labute approximate surface area is 172 Å². The van der Waals surface area contributed by atoms with Crippen LogP contribution in [0.2, 0.25) is 5.02 Å². The van der Waals surface area contributed by atoms with E-state index in [2.05, 4.69) is 41.8 Å². The molecule has 0 atom stereocenters. The van der Waals surface area contributed by atoms with Gasteiger partial charge in [0.2, 0.25) is 5.91 Å². The Morgan fingerprint density at radius 2 is 1.82 bits per heavy atom. The fourth-order valence-corrected chi connectivity index (χ4v) is 3.33. The van der Waals surface area contributed by atoms with E-state index in [1.54, 1.807) is 30.5 Å². The first-order chi connectivity index (χ1) is 13.4. The van der Waals surface area contributed by atoms with Crippen molar-refractivity contribution < 1.29 is 9.59 Å². The molecule has 28 heavy (non-hydrogen) atoms. The van der Waals surface area contributed by atoms with Gasteiger partial charge in [0.15, 0.2) is 5.16 Å². The van der Waals surface area contributed by atoms with E-state index >= 15 is 0 Å². The number of amides is 2. The van der Waals surface area contributed by atoms with Gasteiger partial charge >= 0.3 is 0 Å². The summed E-state index contributed by atoms with van der Waals surface area (Å²) in [4.78, 5) is 28.4. The van der Waals surface area contributed by atoms with E-state index in [1.165, 1.54) is 22.9 Å². The van der Waals surface area contributed by atoms with E-state index in [9.17, 15) is 9.59 Å². The van der Waals surface area contributed by atoms with Crippen LogP contribution in [0.3, 0.4) is 0 Å². The molecular formula is C20H19ClN4O2S. The molecule has 0 aliphatic carbocycles. The standard InChI is InChI=1S/C20H19ClN4O2S/c1-13-3-8-17(11-14(13)2)25-10-9-22-20(25)28-12-18(26)23-24-19(27)15-4-6-16(21)7-5-15/h3-11H,12H2,1-2H3,(H,23,26)(H,24,27). The van der Waals surface area contributed by atoms with Crippen molar-refractivity contribution in [1.82, 2.24) is 20.4 Å². The molecule has 8 heteroatoms. The number of carbonyl (C=O) groups is 2. The quantitative estimate of drug-likeness (QED) is 0.493. The third kappa shape index (κ3) is 4.94. The van der Waals surface area contributed by atoms with Crippen LogP contribution in [0.25, 0.3) is 5.69 Å². The smallest absolute Gasteiger partial charge is 0.269 e. The molecule has 0 fully saturated rings. The van der Waals surface area contributed by atoms with E-state index < -0.39 is 5.91 Å². The Morgan fingerprint density at radius 3 is 2.54 bits per heavy atom. The van der Waals surface area contributed by atoms with Gasteiger partial charge in [-0.2, -0.15) is 0 Å². The molecule has 6 nitrogen and oxygen atoms in total. The van der Waals surface area contributed by atoms with Crippen LogP contribution < -0.4 is 10.9 Å². The zero-order valence-corrected chi connectivity index (χ0v) is 17.0. The van der Waals surface area contributed by atoms with Crippen molar-refractivity contribution in [3.63, 3.8) is 0 Å². The maximum atomic E-state index is 12.1. The molecule has 0 saturated heterocycles. The number of nitrogens with zero attached hydrogens (tertiary/aromatic N) is 2. The SMILES string of the molecule is Cc1ccc(-n2ccnc2SCC(=O)NNC(=O)c2ccc(Cl)cc2)cc1C. The summed E-state index contributed by atoms with van der Waals surface area (Å²) in [5, 5.41) is 1.23. The first-order valence-electron chi connectivity index (χ1n) is 8.52. The summed E-state index contributed by atoms with van der Waals surface area (Å²) in [6, 6.07) is 12.5. The maximum absolute atomic E-state index is 12.1. The summed E-state index contributed by atoms with van der Waals surface area (Å²) in [6.07, 6.45) is 3.55. The van der Waals surface area contributed by atoms with E-state index in [4.69, 9.17) is 11.6 Å². The van der Waals surface area contributed by atoms with Gasteiger partial charge in [0.1, 0.15) is 0 Å². The highest BCUT2D eigenvalue weighted by Gasteiger charge is 2.11. The molecule has 0 spiro atoms. The van der Waals surface area contributed by atoms with Crippen LogP contribution in [0.15, 0.2) is 60.0 Å². The van der Waals surface area contributed by atoms with Crippen LogP contribution in [-0.2, 0) is 4.79 Å². The minimum absolute atomic E-state index is 0.114. The fourth-order valence-electron chi connectivity index (χ4n) is 2.43. The summed E-state index contributed by atoms with van der Waals surface area (Å²) in [6.45, 7) is 4.12.